The molecule has 0 bridgehead atoms. The Balaban J connectivity index is 4.25. The fraction of sp³-hybridized carbons (Fsp3) is 0.778. The molecule has 0 saturated heterocycles. The van der Waals surface area contributed by atoms with Gasteiger partial charge >= 0.3 is 5.97 Å². The zero-order chi connectivity index (χ0) is 9.72. The van der Waals surface area contributed by atoms with E-state index in [0.717, 1.165) is 0 Å². The number of carbonyl (C=O) groups excluding carboxylic acids is 1. The summed E-state index contributed by atoms with van der Waals surface area (Å²) in [6.07, 6.45) is -0.0759. The maximum Gasteiger partial charge on any atom is 0.352 e. The molecular formula is C9H17NO2. The van der Waals surface area contributed by atoms with E-state index < -0.39 is 0 Å². The third kappa shape index (κ3) is 3.51. The third-order valence-corrected chi connectivity index (χ3v) is 1.34. The van der Waals surface area contributed by atoms with Crippen LogP contribution in [0.25, 0.3) is 0 Å². The smallest absolute Gasteiger partial charge is 0.352 e. The summed E-state index contributed by atoms with van der Waals surface area (Å²) in [7, 11) is 1.61. The van der Waals surface area contributed by atoms with Crippen molar-refractivity contribution in [2.45, 2.75) is 33.8 Å². The number of hydrogen-bond acceptors (Lipinski definition) is 3. The van der Waals surface area contributed by atoms with Crippen molar-refractivity contribution in [3.63, 3.8) is 0 Å². The molecule has 12 heavy (non-hydrogen) atoms. The summed E-state index contributed by atoms with van der Waals surface area (Å²) in [6, 6.07) is 0. The number of ether oxygens (including phenoxy) is 1. The maximum absolute atomic E-state index is 11.3. The molecule has 0 N–H and O–H groups in total. The van der Waals surface area contributed by atoms with Crippen molar-refractivity contribution in [3.8, 4) is 0 Å². The molecule has 0 spiro atoms. The Morgan fingerprint density at radius 3 is 2.00 bits per heavy atom. The quantitative estimate of drug-likeness (QED) is 0.478. The first-order valence-corrected chi connectivity index (χ1v) is 4.16. The highest BCUT2D eigenvalue weighted by molar-refractivity contribution is 6.37. The largest absolute Gasteiger partial charge is 0.458 e. The molecule has 0 amide bonds. The van der Waals surface area contributed by atoms with Gasteiger partial charge in [0, 0.05) is 13.0 Å². The standard InChI is InChI=1S/C9H17NO2/c1-6(2)8(10-5)9(11)12-7(3)4/h6-7H,1-5H3/b10-8-. The van der Waals surface area contributed by atoms with Crippen LogP contribution in [0.3, 0.4) is 0 Å². The fourth-order valence-electron chi connectivity index (χ4n) is 0.860. The second-order valence-electron chi connectivity index (χ2n) is 3.22. The van der Waals surface area contributed by atoms with Gasteiger partial charge in [-0.25, -0.2) is 4.79 Å². The zero-order valence-corrected chi connectivity index (χ0v) is 8.42. The number of rotatable bonds is 3. The van der Waals surface area contributed by atoms with Crippen molar-refractivity contribution in [3.05, 3.63) is 0 Å². The van der Waals surface area contributed by atoms with Crippen molar-refractivity contribution >= 4 is 11.7 Å². The van der Waals surface area contributed by atoms with Gasteiger partial charge in [0.05, 0.1) is 6.10 Å². The Kier molecular flexibility index (Phi) is 4.55. The lowest BCUT2D eigenvalue weighted by molar-refractivity contribution is -0.139. The van der Waals surface area contributed by atoms with Crippen LogP contribution in [0.5, 0.6) is 0 Å². The van der Waals surface area contributed by atoms with Crippen LogP contribution in [0.15, 0.2) is 4.99 Å². The summed E-state index contributed by atoms with van der Waals surface area (Å²) >= 11 is 0. The van der Waals surface area contributed by atoms with Crippen molar-refractivity contribution in [2.75, 3.05) is 7.05 Å². The summed E-state index contributed by atoms with van der Waals surface area (Å²) in [6.45, 7) is 7.49. The summed E-state index contributed by atoms with van der Waals surface area (Å²) in [4.78, 5) is 15.2. The van der Waals surface area contributed by atoms with Gasteiger partial charge < -0.3 is 4.74 Å². The average molecular weight is 171 g/mol. The Morgan fingerprint density at radius 2 is 1.75 bits per heavy atom. The number of hydrogen-bond donors (Lipinski definition) is 0. The summed E-state index contributed by atoms with van der Waals surface area (Å²) in [5.74, 6) is -0.177. The van der Waals surface area contributed by atoms with Gasteiger partial charge in [0.25, 0.3) is 0 Å². The zero-order valence-electron chi connectivity index (χ0n) is 8.42. The molecule has 3 heteroatoms. The molecule has 0 aliphatic carbocycles. The highest BCUT2D eigenvalue weighted by Gasteiger charge is 2.16. The molecule has 0 heterocycles. The molecule has 0 atom stereocenters. The van der Waals surface area contributed by atoms with E-state index in [1.165, 1.54) is 0 Å². The summed E-state index contributed by atoms with van der Waals surface area (Å²) in [5, 5.41) is 0. The van der Waals surface area contributed by atoms with Crippen molar-refractivity contribution in [1.29, 1.82) is 0 Å². The van der Waals surface area contributed by atoms with Crippen LogP contribution >= 0.6 is 0 Å². The minimum absolute atomic E-state index is 0.0759. The predicted octanol–water partition coefficient (Wildman–Crippen LogP) is 1.66. The van der Waals surface area contributed by atoms with Gasteiger partial charge in [-0.1, -0.05) is 13.8 Å². The van der Waals surface area contributed by atoms with Gasteiger partial charge in [0.2, 0.25) is 0 Å². The molecule has 0 saturated carbocycles. The predicted molar refractivity (Wildman–Crippen MR) is 49.4 cm³/mol. The number of nitrogens with zero attached hydrogens (tertiary/aromatic N) is 1. The van der Waals surface area contributed by atoms with Crippen LogP contribution < -0.4 is 0 Å². The van der Waals surface area contributed by atoms with Crippen molar-refractivity contribution in [1.82, 2.24) is 0 Å². The second-order valence-corrected chi connectivity index (χ2v) is 3.22. The lowest BCUT2D eigenvalue weighted by atomic mass is 10.1. The summed E-state index contributed by atoms with van der Waals surface area (Å²) < 4.78 is 4.99. The van der Waals surface area contributed by atoms with Gasteiger partial charge in [-0.05, 0) is 13.8 Å². The molecule has 0 fully saturated rings. The Hall–Kier alpha value is -0.860. The molecule has 0 unspecified atom stereocenters. The molecule has 3 nitrogen and oxygen atoms in total. The molecule has 0 aromatic carbocycles. The van der Waals surface area contributed by atoms with E-state index in [-0.39, 0.29) is 18.0 Å². The molecular weight excluding hydrogens is 154 g/mol. The number of carbonyl (C=O) groups is 1. The monoisotopic (exact) mass is 171 g/mol. The second kappa shape index (κ2) is 4.91. The van der Waals surface area contributed by atoms with E-state index in [1.807, 2.05) is 27.7 Å². The minimum Gasteiger partial charge on any atom is -0.458 e. The lowest BCUT2D eigenvalue weighted by Gasteiger charge is -2.11. The van der Waals surface area contributed by atoms with Crippen molar-refractivity contribution in [2.24, 2.45) is 10.9 Å². The molecule has 70 valence electrons. The van der Waals surface area contributed by atoms with E-state index in [9.17, 15) is 4.79 Å². The van der Waals surface area contributed by atoms with Gasteiger partial charge in [-0.15, -0.1) is 0 Å². The van der Waals surface area contributed by atoms with Gasteiger partial charge in [0.15, 0.2) is 0 Å². The Labute approximate surface area is 73.8 Å². The van der Waals surface area contributed by atoms with E-state index in [4.69, 9.17) is 4.74 Å². The van der Waals surface area contributed by atoms with E-state index in [1.54, 1.807) is 7.05 Å². The van der Waals surface area contributed by atoms with Crippen LogP contribution in [-0.2, 0) is 9.53 Å². The minimum atomic E-state index is -0.303. The normalized spacial score (nSPS) is 12.4. The van der Waals surface area contributed by atoms with E-state index in [2.05, 4.69) is 4.99 Å². The van der Waals surface area contributed by atoms with Gasteiger partial charge in [-0.2, -0.15) is 0 Å². The molecule has 0 radical (unpaired) electrons. The molecule has 0 aliphatic rings. The van der Waals surface area contributed by atoms with E-state index in [0.29, 0.717) is 5.71 Å². The number of aliphatic imine (C=N–C) groups is 1. The van der Waals surface area contributed by atoms with Crippen molar-refractivity contribution < 1.29 is 9.53 Å². The Morgan fingerprint density at radius 1 is 1.25 bits per heavy atom. The van der Waals surface area contributed by atoms with Gasteiger partial charge in [-0.3, -0.25) is 4.99 Å². The highest BCUT2D eigenvalue weighted by Crippen LogP contribution is 2.01. The first-order chi connectivity index (χ1) is 5.49. The maximum atomic E-state index is 11.3. The first kappa shape index (κ1) is 11.1. The molecule has 0 aromatic rings. The molecule has 0 rings (SSSR count). The van der Waals surface area contributed by atoms with Gasteiger partial charge in [0.1, 0.15) is 5.71 Å². The first-order valence-electron chi connectivity index (χ1n) is 4.16. The SMILES string of the molecule is C/N=C(\C(=O)OC(C)C)C(C)C. The fourth-order valence-corrected chi connectivity index (χ4v) is 0.860. The third-order valence-electron chi connectivity index (χ3n) is 1.34. The lowest BCUT2D eigenvalue weighted by Crippen LogP contribution is -2.25. The topological polar surface area (TPSA) is 38.7 Å². The Bertz CT molecular complexity index is 183. The number of esters is 1. The van der Waals surface area contributed by atoms with Crippen LogP contribution in [0.4, 0.5) is 0 Å². The van der Waals surface area contributed by atoms with Crippen LogP contribution in [-0.4, -0.2) is 24.8 Å². The molecule has 0 aromatic heterocycles. The van der Waals surface area contributed by atoms with Crippen LogP contribution in [0, 0.1) is 5.92 Å². The van der Waals surface area contributed by atoms with Crippen LogP contribution in [0.2, 0.25) is 0 Å². The van der Waals surface area contributed by atoms with Crippen LogP contribution in [0.1, 0.15) is 27.7 Å². The molecule has 0 aliphatic heterocycles. The average Bonchev–Trinajstić information content (AvgIpc) is 1.85. The van der Waals surface area contributed by atoms with E-state index >= 15 is 0 Å². The highest BCUT2D eigenvalue weighted by atomic mass is 16.5. The summed E-state index contributed by atoms with van der Waals surface area (Å²) in [5.41, 5.74) is 0.503.